The van der Waals surface area contributed by atoms with Crippen LogP contribution in [0.4, 0.5) is 0 Å². The molecule has 1 N–H and O–H groups in total. The van der Waals surface area contributed by atoms with Crippen LogP contribution in [0.15, 0.2) is 48.7 Å². The lowest BCUT2D eigenvalue weighted by Gasteiger charge is -2.06. The molecule has 6 nitrogen and oxygen atoms in total. The first kappa shape index (κ1) is 19.2. The molecule has 138 valence electrons. The lowest BCUT2D eigenvalue weighted by molar-refractivity contribution is -0.145. The Bertz CT molecular complexity index is 1170. The van der Waals surface area contributed by atoms with E-state index >= 15 is 0 Å². The molecule has 2 aromatic heterocycles. The molecular weight excluding hydrogens is 411 g/mol. The summed E-state index contributed by atoms with van der Waals surface area (Å²) in [4.78, 5) is 27.7. The zero-order chi connectivity index (χ0) is 18.3. The molecule has 0 atom stereocenters. The highest BCUT2D eigenvalue weighted by molar-refractivity contribution is 7.23. The summed E-state index contributed by atoms with van der Waals surface area (Å²) in [5.74, 6) is -2.03. The zero-order valence-corrected chi connectivity index (χ0v) is 16.0. The summed E-state index contributed by atoms with van der Waals surface area (Å²) in [5, 5.41) is 8.88. The van der Waals surface area contributed by atoms with Crippen molar-refractivity contribution in [1.29, 1.82) is 0 Å². The predicted molar refractivity (Wildman–Crippen MR) is 106 cm³/mol. The van der Waals surface area contributed by atoms with Crippen LogP contribution in [0.3, 0.4) is 0 Å². The van der Waals surface area contributed by atoms with Crippen LogP contribution in [-0.4, -0.2) is 26.4 Å². The second kappa shape index (κ2) is 7.56. The Morgan fingerprint density at radius 1 is 1.22 bits per heavy atom. The smallest absolute Gasteiger partial charge is 0.322 e. The lowest BCUT2D eigenvalue weighted by Crippen LogP contribution is -2.13. The van der Waals surface area contributed by atoms with Crippen LogP contribution in [0.5, 0.6) is 5.75 Å². The Morgan fingerprint density at radius 3 is 2.78 bits per heavy atom. The molecule has 0 spiro atoms. The van der Waals surface area contributed by atoms with Crippen LogP contribution in [0, 0.1) is 0 Å². The summed E-state index contributed by atoms with van der Waals surface area (Å²) in [6, 6.07) is 12.9. The fourth-order valence-corrected chi connectivity index (χ4v) is 3.77. The maximum Gasteiger partial charge on any atom is 0.322 e. The first-order valence-electron chi connectivity index (χ1n) is 7.60. The van der Waals surface area contributed by atoms with Crippen molar-refractivity contribution in [2.75, 3.05) is 0 Å². The largest absolute Gasteiger partial charge is 0.481 e. The minimum atomic E-state index is -1.26. The van der Waals surface area contributed by atoms with E-state index in [2.05, 4.69) is 4.98 Å². The number of carbonyl (C=O) groups is 2. The van der Waals surface area contributed by atoms with Gasteiger partial charge >= 0.3 is 11.9 Å². The van der Waals surface area contributed by atoms with E-state index in [4.69, 9.17) is 21.4 Å². The van der Waals surface area contributed by atoms with E-state index in [1.807, 2.05) is 34.9 Å². The fourth-order valence-electron chi connectivity index (χ4n) is 2.61. The molecule has 0 saturated carbocycles. The maximum atomic E-state index is 11.6. The number of thiazole rings is 1. The number of nitrogens with zero attached hydrogens (tertiary/aromatic N) is 2. The molecule has 0 saturated heterocycles. The van der Waals surface area contributed by atoms with E-state index in [0.717, 1.165) is 15.2 Å². The zero-order valence-electron chi connectivity index (χ0n) is 13.6. The molecule has 0 unspecified atom stereocenters. The Kier molecular flexibility index (Phi) is 5.36. The summed E-state index contributed by atoms with van der Waals surface area (Å²) in [6.07, 6.45) is 1.17. The molecule has 0 amide bonds. The SMILES string of the molecule is Cl.O=C(O)CC(=O)Oc1cc(-c2cn3c(n2)sc2ccccc23)ccc1Cl. The van der Waals surface area contributed by atoms with Gasteiger partial charge in [0, 0.05) is 11.8 Å². The Morgan fingerprint density at radius 2 is 2.00 bits per heavy atom. The number of hydrogen-bond acceptors (Lipinski definition) is 5. The number of imidazole rings is 1. The van der Waals surface area contributed by atoms with Crippen LogP contribution in [0.2, 0.25) is 5.02 Å². The van der Waals surface area contributed by atoms with Gasteiger partial charge in [0.25, 0.3) is 0 Å². The third kappa shape index (κ3) is 3.75. The normalized spacial score (nSPS) is 10.7. The van der Waals surface area contributed by atoms with Crippen LogP contribution in [0.1, 0.15) is 6.42 Å². The third-order valence-electron chi connectivity index (χ3n) is 3.75. The molecule has 0 radical (unpaired) electrons. The third-order valence-corrected chi connectivity index (χ3v) is 5.09. The topological polar surface area (TPSA) is 80.9 Å². The van der Waals surface area contributed by atoms with E-state index in [1.54, 1.807) is 29.5 Å². The quantitative estimate of drug-likeness (QED) is 0.293. The Hall–Kier alpha value is -2.61. The second-order valence-electron chi connectivity index (χ2n) is 5.54. The van der Waals surface area contributed by atoms with Crippen molar-refractivity contribution in [3.8, 4) is 17.0 Å². The van der Waals surface area contributed by atoms with Crippen molar-refractivity contribution in [3.63, 3.8) is 0 Å². The van der Waals surface area contributed by atoms with Gasteiger partial charge in [-0.05, 0) is 24.3 Å². The summed E-state index contributed by atoms with van der Waals surface area (Å²) in [6.45, 7) is 0. The minimum Gasteiger partial charge on any atom is -0.481 e. The molecule has 9 heteroatoms. The van der Waals surface area contributed by atoms with Gasteiger partial charge in [-0.1, -0.05) is 41.1 Å². The molecule has 2 heterocycles. The first-order valence-corrected chi connectivity index (χ1v) is 8.80. The number of esters is 1. The van der Waals surface area contributed by atoms with E-state index in [1.165, 1.54) is 0 Å². The summed E-state index contributed by atoms with van der Waals surface area (Å²) in [7, 11) is 0. The number of hydrogen-bond donors (Lipinski definition) is 1. The van der Waals surface area contributed by atoms with Gasteiger partial charge in [-0.2, -0.15) is 0 Å². The number of ether oxygens (including phenoxy) is 1. The molecule has 0 aliphatic rings. The van der Waals surface area contributed by atoms with E-state index in [9.17, 15) is 9.59 Å². The number of carbonyl (C=O) groups excluding carboxylic acids is 1. The summed E-state index contributed by atoms with van der Waals surface area (Å²) in [5.41, 5.74) is 2.48. The van der Waals surface area contributed by atoms with Gasteiger partial charge in [-0.3, -0.25) is 14.0 Å². The summed E-state index contributed by atoms with van der Waals surface area (Å²) >= 11 is 7.63. The molecular formula is C18H12Cl2N2O4S. The van der Waals surface area contributed by atoms with Gasteiger partial charge in [0.15, 0.2) is 4.96 Å². The highest BCUT2D eigenvalue weighted by Gasteiger charge is 2.15. The van der Waals surface area contributed by atoms with Gasteiger partial charge in [0.2, 0.25) is 0 Å². The average Bonchev–Trinajstić information content (AvgIpc) is 3.14. The Balaban J connectivity index is 0.00000210. The maximum absolute atomic E-state index is 11.6. The molecule has 0 aliphatic heterocycles. The molecule has 4 rings (SSSR count). The van der Waals surface area contributed by atoms with Crippen molar-refractivity contribution in [3.05, 3.63) is 53.7 Å². The fraction of sp³-hybridized carbons (Fsp3) is 0.0556. The van der Waals surface area contributed by atoms with Gasteiger partial charge < -0.3 is 9.84 Å². The number of rotatable bonds is 4. The van der Waals surface area contributed by atoms with Crippen LogP contribution in [0.25, 0.3) is 26.4 Å². The number of para-hydroxylation sites is 1. The molecule has 0 fully saturated rings. The van der Waals surface area contributed by atoms with Crippen molar-refractivity contribution >= 4 is 62.5 Å². The molecule has 0 aliphatic carbocycles. The number of fused-ring (bicyclic) bond motifs is 3. The van der Waals surface area contributed by atoms with Gasteiger partial charge in [0.1, 0.15) is 12.2 Å². The standard InChI is InChI=1S/C18H11ClN2O4S.ClH/c19-11-6-5-10(7-14(11)25-17(24)8-16(22)23)12-9-21-13-3-1-2-4-15(13)26-18(21)20-12;/h1-7,9H,8H2,(H,22,23);1H. The van der Waals surface area contributed by atoms with E-state index in [0.29, 0.717) is 11.3 Å². The van der Waals surface area contributed by atoms with Crippen LogP contribution < -0.4 is 4.74 Å². The summed E-state index contributed by atoms with van der Waals surface area (Å²) < 4.78 is 8.20. The first-order chi connectivity index (χ1) is 12.5. The number of benzene rings is 2. The van der Waals surface area contributed by atoms with Crippen molar-refractivity contribution in [2.45, 2.75) is 6.42 Å². The number of aliphatic carboxylic acids is 1. The van der Waals surface area contributed by atoms with E-state index < -0.39 is 18.4 Å². The molecule has 27 heavy (non-hydrogen) atoms. The van der Waals surface area contributed by atoms with Crippen LogP contribution >= 0.6 is 35.3 Å². The second-order valence-corrected chi connectivity index (χ2v) is 6.95. The minimum absolute atomic E-state index is 0. The molecule has 4 aromatic rings. The predicted octanol–water partition coefficient (Wildman–Crippen LogP) is 4.67. The lowest BCUT2D eigenvalue weighted by atomic mass is 10.1. The average molecular weight is 423 g/mol. The van der Waals surface area contributed by atoms with Crippen molar-refractivity contribution in [1.82, 2.24) is 9.38 Å². The monoisotopic (exact) mass is 422 g/mol. The van der Waals surface area contributed by atoms with Crippen LogP contribution in [-0.2, 0) is 9.59 Å². The van der Waals surface area contributed by atoms with Crippen molar-refractivity contribution < 1.29 is 19.4 Å². The number of carboxylic acid groups (broad SMARTS) is 1. The van der Waals surface area contributed by atoms with Gasteiger partial charge in [0.05, 0.1) is 20.9 Å². The van der Waals surface area contributed by atoms with Crippen molar-refractivity contribution in [2.24, 2.45) is 0 Å². The molecule has 2 aromatic carbocycles. The van der Waals surface area contributed by atoms with E-state index in [-0.39, 0.29) is 23.2 Å². The Labute approximate surface area is 168 Å². The van der Waals surface area contributed by atoms with Gasteiger partial charge in [-0.25, -0.2) is 4.98 Å². The molecule has 0 bridgehead atoms. The number of halogens is 2. The number of aromatic nitrogens is 2. The number of carboxylic acids is 1. The highest BCUT2D eigenvalue weighted by atomic mass is 35.5. The highest BCUT2D eigenvalue weighted by Crippen LogP contribution is 2.33. The van der Waals surface area contributed by atoms with Gasteiger partial charge in [-0.15, -0.1) is 12.4 Å².